The average Bonchev–Trinajstić information content (AvgIpc) is 2.69. The topological polar surface area (TPSA) is 86.8 Å². The number of amides is 2. The van der Waals surface area contributed by atoms with E-state index in [9.17, 15) is 18.0 Å². The lowest BCUT2D eigenvalue weighted by Crippen LogP contribution is -2.51. The Morgan fingerprint density at radius 1 is 1.07 bits per heavy atom. The van der Waals surface area contributed by atoms with E-state index in [-0.39, 0.29) is 12.5 Å². The summed E-state index contributed by atoms with van der Waals surface area (Å²) < 4.78 is 26.0. The Kier molecular flexibility index (Phi) is 8.00. The second-order valence-electron chi connectivity index (χ2n) is 7.19. The van der Waals surface area contributed by atoms with Gasteiger partial charge in [-0.25, -0.2) is 8.42 Å². The van der Waals surface area contributed by atoms with Crippen LogP contribution in [0.15, 0.2) is 54.6 Å². The predicted molar refractivity (Wildman–Crippen MR) is 119 cm³/mol. The van der Waals surface area contributed by atoms with Crippen LogP contribution in [-0.4, -0.2) is 50.5 Å². The molecule has 1 atom stereocenters. The zero-order valence-corrected chi connectivity index (χ0v) is 18.6. The van der Waals surface area contributed by atoms with Crippen LogP contribution in [0.2, 0.25) is 0 Å². The van der Waals surface area contributed by atoms with Crippen LogP contribution in [0.4, 0.5) is 5.69 Å². The highest BCUT2D eigenvalue weighted by molar-refractivity contribution is 7.92. The van der Waals surface area contributed by atoms with Crippen LogP contribution in [0.3, 0.4) is 0 Å². The van der Waals surface area contributed by atoms with Crippen molar-refractivity contribution in [3.8, 4) is 0 Å². The first kappa shape index (κ1) is 23.4. The summed E-state index contributed by atoms with van der Waals surface area (Å²) in [4.78, 5) is 27.1. The number of sulfonamides is 1. The molecule has 1 N–H and O–H groups in total. The number of benzene rings is 2. The summed E-state index contributed by atoms with van der Waals surface area (Å²) in [6.07, 6.45) is 1.07. The number of carbonyl (C=O) groups is 2. The van der Waals surface area contributed by atoms with E-state index < -0.39 is 28.5 Å². The molecule has 7 nitrogen and oxygen atoms in total. The molecule has 2 aromatic carbocycles. The SMILES string of the molecule is CCNC(=O)[C@H](C)N(Cc1ccccc1)C(=O)CN(c1cccc(C)c1)S(C)(=O)=O. The summed E-state index contributed by atoms with van der Waals surface area (Å²) >= 11 is 0. The van der Waals surface area contributed by atoms with Crippen molar-refractivity contribution in [1.82, 2.24) is 10.2 Å². The largest absolute Gasteiger partial charge is 0.355 e. The molecule has 0 bridgehead atoms. The molecule has 0 heterocycles. The number of hydrogen-bond acceptors (Lipinski definition) is 4. The molecule has 0 unspecified atom stereocenters. The Bertz CT molecular complexity index is 977. The van der Waals surface area contributed by atoms with E-state index in [0.717, 1.165) is 21.7 Å². The number of likely N-dealkylation sites (N-methyl/N-ethyl adjacent to an activating group) is 1. The number of anilines is 1. The third kappa shape index (κ3) is 6.32. The highest BCUT2D eigenvalue weighted by Crippen LogP contribution is 2.20. The molecule has 0 aliphatic rings. The molecular formula is C22H29N3O4S. The molecule has 0 fully saturated rings. The van der Waals surface area contributed by atoms with E-state index in [1.54, 1.807) is 32.0 Å². The minimum Gasteiger partial charge on any atom is -0.355 e. The van der Waals surface area contributed by atoms with Gasteiger partial charge < -0.3 is 10.2 Å². The van der Waals surface area contributed by atoms with Gasteiger partial charge in [0.05, 0.1) is 11.9 Å². The number of nitrogens with one attached hydrogen (secondary N) is 1. The number of aryl methyl sites for hydroxylation is 1. The molecule has 0 saturated carbocycles. The fourth-order valence-corrected chi connectivity index (χ4v) is 3.92. The third-order valence-electron chi connectivity index (χ3n) is 4.68. The lowest BCUT2D eigenvalue weighted by molar-refractivity contribution is -0.139. The summed E-state index contributed by atoms with van der Waals surface area (Å²) in [5.41, 5.74) is 2.14. The van der Waals surface area contributed by atoms with E-state index in [2.05, 4.69) is 5.32 Å². The van der Waals surface area contributed by atoms with E-state index in [4.69, 9.17) is 0 Å². The number of carbonyl (C=O) groups excluding carboxylic acids is 2. The van der Waals surface area contributed by atoms with Crippen LogP contribution in [0.25, 0.3) is 0 Å². The molecule has 0 aliphatic carbocycles. The average molecular weight is 432 g/mol. The van der Waals surface area contributed by atoms with Crippen molar-refractivity contribution in [2.24, 2.45) is 0 Å². The van der Waals surface area contributed by atoms with E-state index in [1.165, 1.54) is 4.90 Å². The molecule has 0 radical (unpaired) electrons. The maximum atomic E-state index is 13.3. The van der Waals surface area contributed by atoms with Gasteiger partial charge in [0.1, 0.15) is 12.6 Å². The number of nitrogens with zero attached hydrogens (tertiary/aromatic N) is 2. The first-order valence-electron chi connectivity index (χ1n) is 9.79. The van der Waals surface area contributed by atoms with Gasteiger partial charge in [-0.05, 0) is 44.0 Å². The van der Waals surface area contributed by atoms with Gasteiger partial charge in [0.2, 0.25) is 21.8 Å². The van der Waals surface area contributed by atoms with Gasteiger partial charge in [-0.1, -0.05) is 42.5 Å². The molecule has 8 heteroatoms. The zero-order chi connectivity index (χ0) is 22.3. The Hall–Kier alpha value is -2.87. The molecule has 162 valence electrons. The molecule has 30 heavy (non-hydrogen) atoms. The van der Waals surface area contributed by atoms with Crippen LogP contribution in [-0.2, 0) is 26.2 Å². The van der Waals surface area contributed by atoms with Gasteiger partial charge in [0, 0.05) is 13.1 Å². The van der Waals surface area contributed by atoms with Crippen molar-refractivity contribution in [2.75, 3.05) is 23.7 Å². The normalized spacial score (nSPS) is 12.1. The van der Waals surface area contributed by atoms with Crippen LogP contribution >= 0.6 is 0 Å². The van der Waals surface area contributed by atoms with Gasteiger partial charge in [-0.3, -0.25) is 13.9 Å². The van der Waals surface area contributed by atoms with Gasteiger partial charge >= 0.3 is 0 Å². The molecule has 2 rings (SSSR count). The second-order valence-corrected chi connectivity index (χ2v) is 9.09. The standard InChI is InChI=1S/C22H29N3O4S/c1-5-23-22(27)18(3)24(15-19-11-7-6-8-12-19)21(26)16-25(30(4,28)29)20-13-9-10-17(2)14-20/h6-14,18H,5,15-16H2,1-4H3,(H,23,27)/t18-/m0/s1. The number of rotatable bonds is 9. The zero-order valence-electron chi connectivity index (χ0n) is 17.8. The lowest BCUT2D eigenvalue weighted by Gasteiger charge is -2.31. The van der Waals surface area contributed by atoms with Gasteiger partial charge in [-0.2, -0.15) is 0 Å². The summed E-state index contributed by atoms with van der Waals surface area (Å²) in [6, 6.07) is 15.5. The Morgan fingerprint density at radius 2 is 1.73 bits per heavy atom. The summed E-state index contributed by atoms with van der Waals surface area (Å²) in [7, 11) is -3.71. The second kappa shape index (κ2) is 10.2. The van der Waals surface area contributed by atoms with Crippen molar-refractivity contribution in [3.05, 3.63) is 65.7 Å². The van der Waals surface area contributed by atoms with Crippen LogP contribution in [0.1, 0.15) is 25.0 Å². The lowest BCUT2D eigenvalue weighted by atomic mass is 10.1. The van der Waals surface area contributed by atoms with E-state index in [0.29, 0.717) is 12.2 Å². The fourth-order valence-electron chi connectivity index (χ4n) is 3.08. The third-order valence-corrected chi connectivity index (χ3v) is 5.82. The van der Waals surface area contributed by atoms with Crippen LogP contribution in [0.5, 0.6) is 0 Å². The number of hydrogen-bond donors (Lipinski definition) is 1. The van der Waals surface area contributed by atoms with Crippen molar-refractivity contribution < 1.29 is 18.0 Å². The minimum atomic E-state index is -3.71. The first-order valence-corrected chi connectivity index (χ1v) is 11.6. The molecule has 0 aliphatic heterocycles. The van der Waals surface area contributed by atoms with Crippen molar-refractivity contribution in [1.29, 1.82) is 0 Å². The molecule has 2 amide bonds. The summed E-state index contributed by atoms with van der Waals surface area (Å²) in [6.45, 7) is 5.54. The monoisotopic (exact) mass is 431 g/mol. The predicted octanol–water partition coefficient (Wildman–Crippen LogP) is 2.31. The van der Waals surface area contributed by atoms with Crippen molar-refractivity contribution >= 4 is 27.5 Å². The summed E-state index contributed by atoms with van der Waals surface area (Å²) in [5.74, 6) is -0.743. The first-order chi connectivity index (χ1) is 14.1. The van der Waals surface area contributed by atoms with Gasteiger partial charge in [0.25, 0.3) is 0 Å². The minimum absolute atomic E-state index is 0.198. The smallest absolute Gasteiger partial charge is 0.244 e. The van der Waals surface area contributed by atoms with Gasteiger partial charge in [-0.15, -0.1) is 0 Å². The van der Waals surface area contributed by atoms with Gasteiger partial charge in [0.15, 0.2) is 0 Å². The highest BCUT2D eigenvalue weighted by Gasteiger charge is 2.29. The van der Waals surface area contributed by atoms with E-state index in [1.807, 2.05) is 43.3 Å². The maximum absolute atomic E-state index is 13.3. The fraction of sp³-hybridized carbons (Fsp3) is 0.364. The van der Waals surface area contributed by atoms with Crippen LogP contribution in [0, 0.1) is 6.92 Å². The Morgan fingerprint density at radius 3 is 2.30 bits per heavy atom. The molecule has 0 spiro atoms. The Balaban J connectivity index is 2.35. The maximum Gasteiger partial charge on any atom is 0.244 e. The van der Waals surface area contributed by atoms with Crippen molar-refractivity contribution in [3.63, 3.8) is 0 Å². The van der Waals surface area contributed by atoms with Crippen LogP contribution < -0.4 is 9.62 Å². The Labute approximate surface area is 178 Å². The van der Waals surface area contributed by atoms with Crippen molar-refractivity contribution in [2.45, 2.75) is 33.4 Å². The molecule has 0 aromatic heterocycles. The molecule has 0 saturated heterocycles. The van der Waals surface area contributed by atoms with E-state index >= 15 is 0 Å². The quantitative estimate of drug-likeness (QED) is 0.660. The summed E-state index contributed by atoms with van der Waals surface area (Å²) in [5, 5.41) is 2.72. The highest BCUT2D eigenvalue weighted by atomic mass is 32.2. The molecule has 2 aromatic rings. The molecular weight excluding hydrogens is 402 g/mol.